The van der Waals surface area contributed by atoms with Crippen LogP contribution in [0.1, 0.15) is 11.8 Å². The second kappa shape index (κ2) is 6.46. The van der Waals surface area contributed by atoms with Gasteiger partial charge in [0.25, 0.3) is 0 Å². The zero-order valence-electron chi connectivity index (χ0n) is 8.25. The number of rotatable bonds is 6. The Kier molecular flexibility index (Phi) is 5.51. The molecule has 0 aromatic carbocycles. The van der Waals surface area contributed by atoms with Crippen molar-refractivity contribution < 1.29 is 0 Å². The van der Waals surface area contributed by atoms with Crippen molar-refractivity contribution in [3.63, 3.8) is 0 Å². The molecule has 0 fully saturated rings. The maximum atomic E-state index is 3.47. The lowest BCUT2D eigenvalue weighted by molar-refractivity contribution is 0.562. The predicted octanol–water partition coefficient (Wildman–Crippen LogP) is 2.84. The summed E-state index contributed by atoms with van der Waals surface area (Å²) in [5, 5.41) is 5.60. The summed E-state index contributed by atoms with van der Waals surface area (Å²) in [6.07, 6.45) is 2.16. The predicted molar refractivity (Wildman–Crippen MR) is 63.6 cm³/mol. The Hall–Kier alpha value is 0.01000. The molecule has 1 heterocycles. The zero-order chi connectivity index (χ0) is 9.52. The average molecular weight is 215 g/mol. The molecule has 3 heteroatoms. The van der Waals surface area contributed by atoms with Gasteiger partial charge in [-0.2, -0.15) is 11.8 Å². The summed E-state index contributed by atoms with van der Waals surface area (Å²) in [6, 6.07) is 4.28. The minimum atomic E-state index is 0.773. The highest BCUT2D eigenvalue weighted by molar-refractivity contribution is 7.98. The van der Waals surface area contributed by atoms with E-state index in [1.165, 1.54) is 10.6 Å². The van der Waals surface area contributed by atoms with Crippen LogP contribution in [0.15, 0.2) is 17.5 Å². The molecule has 1 nitrogen and oxygen atoms in total. The summed E-state index contributed by atoms with van der Waals surface area (Å²) in [5.41, 5.74) is 0. The first-order valence-electron chi connectivity index (χ1n) is 4.55. The fraction of sp³-hybridized carbons (Fsp3) is 0.600. The molecule has 0 saturated carbocycles. The number of thioether (sulfide) groups is 1. The van der Waals surface area contributed by atoms with E-state index in [0.29, 0.717) is 0 Å². The van der Waals surface area contributed by atoms with Crippen LogP contribution in [-0.2, 0) is 6.54 Å². The van der Waals surface area contributed by atoms with Crippen molar-refractivity contribution in [1.82, 2.24) is 5.32 Å². The van der Waals surface area contributed by atoms with Gasteiger partial charge in [-0.25, -0.2) is 0 Å². The summed E-state index contributed by atoms with van der Waals surface area (Å²) in [4.78, 5) is 1.43. The second-order valence-electron chi connectivity index (χ2n) is 3.27. The maximum absolute atomic E-state index is 3.47. The lowest BCUT2D eigenvalue weighted by atomic mass is 10.2. The van der Waals surface area contributed by atoms with E-state index in [4.69, 9.17) is 0 Å². The smallest absolute Gasteiger partial charge is 0.0299 e. The third kappa shape index (κ3) is 4.69. The van der Waals surface area contributed by atoms with Crippen LogP contribution in [0.2, 0.25) is 0 Å². The first-order chi connectivity index (χ1) is 6.33. The van der Waals surface area contributed by atoms with Gasteiger partial charge >= 0.3 is 0 Å². The molecule has 1 aromatic heterocycles. The van der Waals surface area contributed by atoms with Crippen LogP contribution in [0, 0.1) is 5.92 Å². The molecule has 13 heavy (non-hydrogen) atoms. The fourth-order valence-electron chi connectivity index (χ4n) is 1.20. The van der Waals surface area contributed by atoms with E-state index in [9.17, 15) is 0 Å². The van der Waals surface area contributed by atoms with Crippen LogP contribution in [-0.4, -0.2) is 18.6 Å². The van der Waals surface area contributed by atoms with Crippen LogP contribution >= 0.6 is 23.1 Å². The van der Waals surface area contributed by atoms with Gasteiger partial charge in [-0.15, -0.1) is 11.3 Å². The van der Waals surface area contributed by atoms with Crippen molar-refractivity contribution in [1.29, 1.82) is 0 Å². The van der Waals surface area contributed by atoms with Crippen molar-refractivity contribution in [2.75, 3.05) is 18.6 Å². The van der Waals surface area contributed by atoms with Crippen molar-refractivity contribution >= 4 is 23.1 Å². The normalized spacial score (nSPS) is 13.1. The number of hydrogen-bond acceptors (Lipinski definition) is 3. The van der Waals surface area contributed by atoms with Crippen LogP contribution in [0.3, 0.4) is 0 Å². The SMILES string of the molecule is CSCC(C)CNCc1cccs1. The van der Waals surface area contributed by atoms with Crippen molar-refractivity contribution in [2.45, 2.75) is 13.5 Å². The van der Waals surface area contributed by atoms with E-state index in [2.05, 4.69) is 36.0 Å². The summed E-state index contributed by atoms with van der Waals surface area (Å²) >= 11 is 3.74. The van der Waals surface area contributed by atoms with E-state index in [1.54, 1.807) is 0 Å². The summed E-state index contributed by atoms with van der Waals surface area (Å²) in [6.45, 7) is 4.44. The molecule has 0 radical (unpaired) electrons. The zero-order valence-corrected chi connectivity index (χ0v) is 9.88. The van der Waals surface area contributed by atoms with Gasteiger partial charge in [0.1, 0.15) is 0 Å². The minimum absolute atomic E-state index is 0.773. The van der Waals surface area contributed by atoms with E-state index < -0.39 is 0 Å². The highest BCUT2D eigenvalue weighted by Gasteiger charge is 2.00. The number of thiophene rings is 1. The second-order valence-corrected chi connectivity index (χ2v) is 5.21. The topological polar surface area (TPSA) is 12.0 Å². The maximum Gasteiger partial charge on any atom is 0.0299 e. The molecule has 1 rings (SSSR count). The van der Waals surface area contributed by atoms with E-state index in [-0.39, 0.29) is 0 Å². The third-order valence-corrected chi connectivity index (χ3v) is 3.60. The summed E-state index contributed by atoms with van der Waals surface area (Å²) in [7, 11) is 0. The van der Waals surface area contributed by atoms with Gasteiger partial charge in [0.05, 0.1) is 0 Å². The molecule has 0 aliphatic carbocycles. The molecule has 1 N–H and O–H groups in total. The highest BCUT2D eigenvalue weighted by atomic mass is 32.2. The Morgan fingerprint density at radius 2 is 2.46 bits per heavy atom. The standard InChI is InChI=1S/C10H17NS2/c1-9(8-12-2)6-11-7-10-4-3-5-13-10/h3-5,9,11H,6-8H2,1-2H3. The highest BCUT2D eigenvalue weighted by Crippen LogP contribution is 2.08. The summed E-state index contributed by atoms with van der Waals surface area (Å²) in [5.74, 6) is 2.02. The van der Waals surface area contributed by atoms with Gasteiger partial charge in [0, 0.05) is 11.4 Å². The third-order valence-electron chi connectivity index (χ3n) is 1.82. The monoisotopic (exact) mass is 215 g/mol. The molecule has 0 saturated heterocycles. The van der Waals surface area contributed by atoms with E-state index >= 15 is 0 Å². The van der Waals surface area contributed by atoms with Crippen LogP contribution in [0.4, 0.5) is 0 Å². The Bertz CT molecular complexity index is 209. The van der Waals surface area contributed by atoms with Gasteiger partial charge in [-0.1, -0.05) is 13.0 Å². The van der Waals surface area contributed by atoms with E-state index in [1.807, 2.05) is 23.1 Å². The van der Waals surface area contributed by atoms with Gasteiger partial charge in [0.2, 0.25) is 0 Å². The molecule has 0 bridgehead atoms. The number of nitrogens with one attached hydrogen (secondary N) is 1. The Morgan fingerprint density at radius 1 is 1.62 bits per heavy atom. The largest absolute Gasteiger partial charge is 0.312 e. The van der Waals surface area contributed by atoms with Gasteiger partial charge in [-0.05, 0) is 35.9 Å². The van der Waals surface area contributed by atoms with Gasteiger partial charge in [-0.3, -0.25) is 0 Å². The first kappa shape index (κ1) is 11.1. The van der Waals surface area contributed by atoms with Gasteiger partial charge in [0.15, 0.2) is 0 Å². The fourth-order valence-corrected chi connectivity index (χ4v) is 2.56. The molecule has 1 aromatic rings. The Labute approximate surface area is 88.9 Å². The Balaban J connectivity index is 2.07. The first-order valence-corrected chi connectivity index (χ1v) is 6.82. The van der Waals surface area contributed by atoms with Crippen LogP contribution in [0.25, 0.3) is 0 Å². The van der Waals surface area contributed by atoms with Crippen LogP contribution < -0.4 is 5.32 Å². The molecule has 0 aliphatic heterocycles. The molecule has 0 spiro atoms. The van der Waals surface area contributed by atoms with E-state index in [0.717, 1.165) is 19.0 Å². The Morgan fingerprint density at radius 3 is 3.08 bits per heavy atom. The lowest BCUT2D eigenvalue weighted by Gasteiger charge is -2.09. The minimum Gasteiger partial charge on any atom is -0.312 e. The molecule has 1 atom stereocenters. The molecular formula is C10H17NS2. The van der Waals surface area contributed by atoms with Crippen molar-refractivity contribution in [2.24, 2.45) is 5.92 Å². The number of hydrogen-bond donors (Lipinski definition) is 1. The average Bonchev–Trinajstić information content (AvgIpc) is 2.57. The van der Waals surface area contributed by atoms with Crippen LogP contribution in [0.5, 0.6) is 0 Å². The molecular weight excluding hydrogens is 198 g/mol. The molecule has 0 aliphatic rings. The van der Waals surface area contributed by atoms with Crippen molar-refractivity contribution in [3.05, 3.63) is 22.4 Å². The quantitative estimate of drug-likeness (QED) is 0.783. The molecule has 0 amide bonds. The molecule has 1 unspecified atom stereocenters. The molecule has 74 valence electrons. The lowest BCUT2D eigenvalue weighted by Crippen LogP contribution is -2.21. The summed E-state index contributed by atoms with van der Waals surface area (Å²) < 4.78 is 0. The van der Waals surface area contributed by atoms with Crippen molar-refractivity contribution in [3.8, 4) is 0 Å². The van der Waals surface area contributed by atoms with Gasteiger partial charge < -0.3 is 5.32 Å².